The second kappa shape index (κ2) is 8.54. The van der Waals surface area contributed by atoms with Gasteiger partial charge in [-0.05, 0) is 35.4 Å². The number of alkyl halides is 2. The quantitative estimate of drug-likeness (QED) is 0.455. The van der Waals surface area contributed by atoms with Crippen molar-refractivity contribution in [1.29, 1.82) is 0 Å². The summed E-state index contributed by atoms with van der Waals surface area (Å²) in [4.78, 5) is 0. The topological polar surface area (TPSA) is 9.23 Å². The van der Waals surface area contributed by atoms with Crippen molar-refractivity contribution in [3.63, 3.8) is 0 Å². The van der Waals surface area contributed by atoms with E-state index in [9.17, 15) is 0 Å². The molecule has 21 heavy (non-hydrogen) atoms. The Hall–Kier alpha value is -0.0600. The summed E-state index contributed by atoms with van der Waals surface area (Å²) in [6, 6.07) is 15.9. The zero-order valence-electron chi connectivity index (χ0n) is 11.1. The minimum Gasteiger partial charge on any atom is -0.363 e. The lowest BCUT2D eigenvalue weighted by Crippen LogP contribution is -2.13. The third kappa shape index (κ3) is 4.97. The first kappa shape index (κ1) is 17.3. The Bertz CT molecular complexity index is 506. The number of ether oxygens (including phenoxy) is 1. The third-order valence-electron chi connectivity index (χ3n) is 3.09. The molecule has 2 aromatic carbocycles. The Kier molecular flexibility index (Phi) is 7.03. The second-order valence-electron chi connectivity index (χ2n) is 4.53. The van der Waals surface area contributed by atoms with Crippen LogP contribution in [0.3, 0.4) is 0 Å². The SMILES string of the molecule is ClCC(OC(CCl)c1ccc(Br)cc1)c1ccc(Br)cc1. The molecule has 1 nitrogen and oxygen atoms in total. The molecule has 0 aliphatic heterocycles. The maximum atomic E-state index is 6.11. The molecule has 0 fully saturated rings. The Morgan fingerprint density at radius 2 is 1.05 bits per heavy atom. The van der Waals surface area contributed by atoms with E-state index in [1.807, 2.05) is 48.5 Å². The number of rotatable bonds is 6. The monoisotopic (exact) mass is 450 g/mol. The van der Waals surface area contributed by atoms with E-state index >= 15 is 0 Å². The Morgan fingerprint density at radius 3 is 1.33 bits per heavy atom. The zero-order valence-corrected chi connectivity index (χ0v) is 15.8. The molecule has 0 radical (unpaired) electrons. The molecule has 0 aromatic heterocycles. The highest BCUT2D eigenvalue weighted by atomic mass is 79.9. The predicted octanol–water partition coefficient (Wildman–Crippen LogP) is 6.49. The summed E-state index contributed by atoms with van der Waals surface area (Å²) in [5, 5.41) is 0. The van der Waals surface area contributed by atoms with Crippen LogP contribution in [0.15, 0.2) is 57.5 Å². The number of hydrogen-bond donors (Lipinski definition) is 0. The summed E-state index contributed by atoms with van der Waals surface area (Å²) in [7, 11) is 0. The van der Waals surface area contributed by atoms with Gasteiger partial charge in [0.15, 0.2) is 0 Å². The normalized spacial score (nSPS) is 13.9. The van der Waals surface area contributed by atoms with Gasteiger partial charge < -0.3 is 4.74 Å². The van der Waals surface area contributed by atoms with E-state index in [1.165, 1.54) is 0 Å². The van der Waals surface area contributed by atoms with E-state index in [0.717, 1.165) is 20.1 Å². The fourth-order valence-corrected chi connectivity index (χ4v) is 2.99. The summed E-state index contributed by atoms with van der Waals surface area (Å²) in [5.74, 6) is 0.761. The van der Waals surface area contributed by atoms with Crippen molar-refractivity contribution < 1.29 is 4.74 Å². The first-order valence-electron chi connectivity index (χ1n) is 6.42. The second-order valence-corrected chi connectivity index (χ2v) is 6.97. The maximum absolute atomic E-state index is 6.11. The standard InChI is InChI=1S/C16H14Br2Cl2O/c17-13-5-1-11(2-6-13)15(9-19)21-16(10-20)12-3-7-14(18)8-4-12/h1-8,15-16H,9-10H2. The maximum Gasteiger partial charge on any atom is 0.0969 e. The largest absolute Gasteiger partial charge is 0.363 e. The van der Waals surface area contributed by atoms with Crippen LogP contribution < -0.4 is 0 Å². The van der Waals surface area contributed by atoms with Gasteiger partial charge in [0, 0.05) is 8.95 Å². The molecule has 0 amide bonds. The fourth-order valence-electron chi connectivity index (χ4n) is 1.96. The summed E-state index contributed by atoms with van der Waals surface area (Å²) in [6.45, 7) is 0. The lowest BCUT2D eigenvalue weighted by Gasteiger charge is -2.23. The smallest absolute Gasteiger partial charge is 0.0969 e. The van der Waals surface area contributed by atoms with Crippen LogP contribution in [-0.4, -0.2) is 11.8 Å². The molecule has 0 spiro atoms. The first-order chi connectivity index (χ1) is 10.1. The highest BCUT2D eigenvalue weighted by Gasteiger charge is 2.18. The lowest BCUT2D eigenvalue weighted by molar-refractivity contribution is 0.00991. The summed E-state index contributed by atoms with van der Waals surface area (Å²) < 4.78 is 8.16. The van der Waals surface area contributed by atoms with Crippen LogP contribution in [0.25, 0.3) is 0 Å². The van der Waals surface area contributed by atoms with Crippen LogP contribution in [0.1, 0.15) is 23.3 Å². The van der Waals surface area contributed by atoms with Crippen LogP contribution in [0.2, 0.25) is 0 Å². The molecule has 0 aliphatic rings. The molecular weight excluding hydrogens is 439 g/mol. The van der Waals surface area contributed by atoms with E-state index < -0.39 is 0 Å². The molecule has 0 N–H and O–H groups in total. The van der Waals surface area contributed by atoms with Crippen molar-refractivity contribution in [2.24, 2.45) is 0 Å². The highest BCUT2D eigenvalue weighted by Crippen LogP contribution is 2.30. The number of hydrogen-bond acceptors (Lipinski definition) is 1. The van der Waals surface area contributed by atoms with Crippen molar-refractivity contribution in [3.05, 3.63) is 68.6 Å². The van der Waals surface area contributed by atoms with Crippen molar-refractivity contribution in [2.75, 3.05) is 11.8 Å². The molecule has 112 valence electrons. The molecule has 2 aromatic rings. The van der Waals surface area contributed by atoms with E-state index in [4.69, 9.17) is 27.9 Å². The van der Waals surface area contributed by atoms with Gasteiger partial charge in [0.1, 0.15) is 0 Å². The molecule has 0 saturated heterocycles. The summed E-state index contributed by atoms with van der Waals surface area (Å²) >= 11 is 19.0. The predicted molar refractivity (Wildman–Crippen MR) is 96.3 cm³/mol. The average Bonchev–Trinajstić information content (AvgIpc) is 2.51. The Morgan fingerprint density at radius 1 is 0.714 bits per heavy atom. The van der Waals surface area contributed by atoms with E-state index in [-0.39, 0.29) is 12.2 Å². The molecule has 2 atom stereocenters. The highest BCUT2D eigenvalue weighted by molar-refractivity contribution is 9.10. The van der Waals surface area contributed by atoms with Crippen LogP contribution in [0.4, 0.5) is 0 Å². The van der Waals surface area contributed by atoms with E-state index in [2.05, 4.69) is 31.9 Å². The fraction of sp³-hybridized carbons (Fsp3) is 0.250. The summed E-state index contributed by atoms with van der Waals surface area (Å²) in [5.41, 5.74) is 2.08. The Balaban J connectivity index is 2.15. The molecule has 0 aliphatic carbocycles. The van der Waals surface area contributed by atoms with Crippen LogP contribution in [-0.2, 0) is 4.74 Å². The van der Waals surface area contributed by atoms with E-state index in [1.54, 1.807) is 0 Å². The van der Waals surface area contributed by atoms with Crippen molar-refractivity contribution >= 4 is 55.1 Å². The van der Waals surface area contributed by atoms with E-state index in [0.29, 0.717) is 11.8 Å². The van der Waals surface area contributed by atoms with Gasteiger partial charge in [0.25, 0.3) is 0 Å². The van der Waals surface area contributed by atoms with Crippen LogP contribution in [0, 0.1) is 0 Å². The van der Waals surface area contributed by atoms with Gasteiger partial charge in [-0.3, -0.25) is 0 Å². The Labute approximate surface area is 151 Å². The average molecular weight is 453 g/mol. The molecule has 0 saturated carbocycles. The molecule has 2 unspecified atom stereocenters. The molecule has 0 heterocycles. The first-order valence-corrected chi connectivity index (χ1v) is 9.08. The number of halogens is 4. The van der Waals surface area contributed by atoms with Gasteiger partial charge in [0.05, 0.1) is 24.0 Å². The minimum atomic E-state index is -0.188. The number of benzene rings is 2. The minimum absolute atomic E-state index is 0.188. The third-order valence-corrected chi connectivity index (χ3v) is 4.71. The van der Waals surface area contributed by atoms with Gasteiger partial charge in [-0.1, -0.05) is 56.1 Å². The zero-order chi connectivity index (χ0) is 15.2. The van der Waals surface area contributed by atoms with Crippen molar-refractivity contribution in [2.45, 2.75) is 12.2 Å². The van der Waals surface area contributed by atoms with Gasteiger partial charge in [-0.25, -0.2) is 0 Å². The molecule has 5 heteroatoms. The van der Waals surface area contributed by atoms with Crippen LogP contribution in [0.5, 0.6) is 0 Å². The van der Waals surface area contributed by atoms with Gasteiger partial charge in [-0.2, -0.15) is 0 Å². The van der Waals surface area contributed by atoms with Crippen LogP contribution >= 0.6 is 55.1 Å². The van der Waals surface area contributed by atoms with Gasteiger partial charge in [0.2, 0.25) is 0 Å². The van der Waals surface area contributed by atoms with Gasteiger partial charge >= 0.3 is 0 Å². The van der Waals surface area contributed by atoms with Crippen molar-refractivity contribution in [1.82, 2.24) is 0 Å². The molecular formula is C16H14Br2Cl2O. The van der Waals surface area contributed by atoms with Crippen molar-refractivity contribution in [3.8, 4) is 0 Å². The molecule has 2 rings (SSSR count). The summed E-state index contributed by atoms with van der Waals surface area (Å²) in [6.07, 6.45) is -0.376. The molecule has 0 bridgehead atoms. The van der Waals surface area contributed by atoms with Gasteiger partial charge in [-0.15, -0.1) is 23.2 Å². The lowest BCUT2D eigenvalue weighted by atomic mass is 10.1.